The largest absolute Gasteiger partial charge is 0.469 e. The number of aryl methyl sites for hydroxylation is 2. The lowest BCUT2D eigenvalue weighted by Gasteiger charge is -2.02. The fraction of sp³-hybridized carbons (Fsp3) is 0.154. The molecule has 0 fully saturated rings. The van der Waals surface area contributed by atoms with Gasteiger partial charge in [-0.15, -0.1) is 0 Å². The summed E-state index contributed by atoms with van der Waals surface area (Å²) in [5.74, 6) is 0.952. The van der Waals surface area contributed by atoms with Gasteiger partial charge in [0.2, 0.25) is 0 Å². The van der Waals surface area contributed by atoms with Crippen molar-refractivity contribution in [1.29, 1.82) is 0 Å². The molecule has 1 aromatic carbocycles. The molecule has 0 saturated heterocycles. The number of fused-ring (bicyclic) bond motifs is 1. The van der Waals surface area contributed by atoms with Gasteiger partial charge in [0.1, 0.15) is 5.76 Å². The van der Waals surface area contributed by atoms with Crippen LogP contribution >= 0.6 is 23.8 Å². The topological polar surface area (TPSA) is 33.9 Å². The molecule has 5 heteroatoms. The van der Waals surface area contributed by atoms with Crippen LogP contribution in [0.2, 0.25) is 5.02 Å². The minimum absolute atomic E-state index is 0.685. The standard InChI is InChI=1S/C13H11ClN2OS/c14-10-4-1-5-11-12(10)15-13(18)16(11)7-6-9-3-2-8-17-9/h1-5,8H,6-7H2,(H,15,18). The molecule has 18 heavy (non-hydrogen) atoms. The number of para-hydroxylation sites is 1. The molecule has 0 saturated carbocycles. The van der Waals surface area contributed by atoms with Crippen molar-refractivity contribution >= 4 is 34.9 Å². The third kappa shape index (κ3) is 1.98. The molecule has 3 nitrogen and oxygen atoms in total. The second-order valence-corrected chi connectivity index (χ2v) is 4.84. The zero-order valence-electron chi connectivity index (χ0n) is 9.52. The lowest BCUT2D eigenvalue weighted by Crippen LogP contribution is -2.00. The number of halogens is 1. The molecule has 0 spiro atoms. The Morgan fingerprint density at radius 2 is 2.17 bits per heavy atom. The number of furan rings is 1. The highest BCUT2D eigenvalue weighted by Crippen LogP contribution is 2.22. The van der Waals surface area contributed by atoms with Crippen LogP contribution in [0, 0.1) is 4.77 Å². The third-order valence-electron chi connectivity index (χ3n) is 2.92. The van der Waals surface area contributed by atoms with Gasteiger partial charge in [-0.25, -0.2) is 0 Å². The number of aromatic nitrogens is 2. The molecule has 3 rings (SSSR count). The molecular weight excluding hydrogens is 268 g/mol. The van der Waals surface area contributed by atoms with Crippen LogP contribution in [0.5, 0.6) is 0 Å². The first-order chi connectivity index (χ1) is 8.75. The minimum atomic E-state index is 0.685. The number of rotatable bonds is 3. The summed E-state index contributed by atoms with van der Waals surface area (Å²) in [5.41, 5.74) is 1.92. The number of hydrogen-bond acceptors (Lipinski definition) is 2. The minimum Gasteiger partial charge on any atom is -0.469 e. The maximum Gasteiger partial charge on any atom is 0.178 e. The average molecular weight is 279 g/mol. The maximum absolute atomic E-state index is 6.13. The van der Waals surface area contributed by atoms with Crippen molar-refractivity contribution in [1.82, 2.24) is 9.55 Å². The molecular formula is C13H11ClN2OS. The van der Waals surface area contributed by atoms with Crippen molar-refractivity contribution in [2.24, 2.45) is 0 Å². The second kappa shape index (κ2) is 4.63. The summed E-state index contributed by atoms with van der Waals surface area (Å²) in [4.78, 5) is 3.14. The van der Waals surface area contributed by atoms with Crippen LogP contribution in [0.25, 0.3) is 11.0 Å². The van der Waals surface area contributed by atoms with E-state index in [2.05, 4.69) is 4.98 Å². The average Bonchev–Trinajstić information content (AvgIpc) is 2.95. The van der Waals surface area contributed by atoms with Gasteiger partial charge in [-0.3, -0.25) is 0 Å². The van der Waals surface area contributed by atoms with E-state index in [-0.39, 0.29) is 0 Å². The van der Waals surface area contributed by atoms with Gasteiger partial charge in [0.05, 0.1) is 22.3 Å². The molecule has 0 bridgehead atoms. The van der Waals surface area contributed by atoms with E-state index in [1.807, 2.05) is 34.9 Å². The summed E-state index contributed by atoms with van der Waals surface area (Å²) in [6.45, 7) is 0.771. The van der Waals surface area contributed by atoms with Crippen molar-refractivity contribution in [3.63, 3.8) is 0 Å². The van der Waals surface area contributed by atoms with Crippen molar-refractivity contribution < 1.29 is 4.42 Å². The Labute approximate surface area is 114 Å². The van der Waals surface area contributed by atoms with E-state index in [1.165, 1.54) is 0 Å². The zero-order valence-corrected chi connectivity index (χ0v) is 11.1. The molecule has 2 heterocycles. The summed E-state index contributed by atoms with van der Waals surface area (Å²) in [6.07, 6.45) is 2.49. The maximum atomic E-state index is 6.13. The Morgan fingerprint density at radius 3 is 2.94 bits per heavy atom. The van der Waals surface area contributed by atoms with Crippen LogP contribution in [-0.2, 0) is 13.0 Å². The first-order valence-electron chi connectivity index (χ1n) is 5.65. The lowest BCUT2D eigenvalue weighted by atomic mass is 10.3. The van der Waals surface area contributed by atoms with E-state index < -0.39 is 0 Å². The molecule has 0 aliphatic rings. The molecule has 0 radical (unpaired) electrons. The van der Waals surface area contributed by atoms with Gasteiger partial charge in [-0.1, -0.05) is 17.7 Å². The summed E-state index contributed by atoms with van der Waals surface area (Å²) < 4.78 is 8.05. The molecule has 0 atom stereocenters. The van der Waals surface area contributed by atoms with Crippen molar-refractivity contribution in [3.8, 4) is 0 Å². The zero-order chi connectivity index (χ0) is 12.5. The van der Waals surface area contributed by atoms with E-state index in [0.29, 0.717) is 9.79 Å². The smallest absolute Gasteiger partial charge is 0.178 e. The number of nitrogens with zero attached hydrogens (tertiary/aromatic N) is 1. The second-order valence-electron chi connectivity index (χ2n) is 4.05. The van der Waals surface area contributed by atoms with E-state index in [1.54, 1.807) is 6.26 Å². The van der Waals surface area contributed by atoms with Gasteiger partial charge < -0.3 is 14.0 Å². The highest BCUT2D eigenvalue weighted by molar-refractivity contribution is 7.71. The first kappa shape index (κ1) is 11.6. The van der Waals surface area contributed by atoms with Crippen LogP contribution in [0.15, 0.2) is 41.0 Å². The van der Waals surface area contributed by atoms with Gasteiger partial charge in [-0.05, 0) is 36.5 Å². The molecule has 92 valence electrons. The van der Waals surface area contributed by atoms with Crippen LogP contribution in [-0.4, -0.2) is 9.55 Å². The fourth-order valence-electron chi connectivity index (χ4n) is 2.04. The fourth-order valence-corrected chi connectivity index (χ4v) is 2.55. The molecule has 3 aromatic rings. The highest BCUT2D eigenvalue weighted by atomic mass is 35.5. The Bertz CT molecular complexity index is 727. The van der Waals surface area contributed by atoms with E-state index in [9.17, 15) is 0 Å². The third-order valence-corrected chi connectivity index (χ3v) is 3.56. The summed E-state index contributed by atoms with van der Waals surface area (Å²) in [6, 6.07) is 9.64. The number of H-pyrrole nitrogens is 1. The Balaban J connectivity index is 1.99. The van der Waals surface area contributed by atoms with Crippen LogP contribution < -0.4 is 0 Å². The van der Waals surface area contributed by atoms with E-state index in [0.717, 1.165) is 29.8 Å². The number of imidazole rings is 1. The van der Waals surface area contributed by atoms with Crippen molar-refractivity contribution in [2.75, 3.05) is 0 Å². The van der Waals surface area contributed by atoms with Crippen LogP contribution in [0.4, 0.5) is 0 Å². The lowest BCUT2D eigenvalue weighted by molar-refractivity contribution is 0.492. The Morgan fingerprint density at radius 1 is 1.28 bits per heavy atom. The quantitative estimate of drug-likeness (QED) is 0.729. The van der Waals surface area contributed by atoms with Gasteiger partial charge in [0.25, 0.3) is 0 Å². The molecule has 0 unspecified atom stereocenters. The predicted molar refractivity (Wildman–Crippen MR) is 74.5 cm³/mol. The SMILES string of the molecule is S=c1[nH]c2c(Cl)cccc2n1CCc1ccco1. The van der Waals surface area contributed by atoms with Gasteiger partial charge >= 0.3 is 0 Å². The monoisotopic (exact) mass is 278 g/mol. The summed E-state index contributed by atoms with van der Waals surface area (Å²) >= 11 is 11.5. The van der Waals surface area contributed by atoms with Gasteiger partial charge in [0, 0.05) is 13.0 Å². The number of nitrogens with one attached hydrogen (secondary N) is 1. The summed E-state index contributed by atoms with van der Waals surface area (Å²) in [5, 5.41) is 0.690. The highest BCUT2D eigenvalue weighted by Gasteiger charge is 2.07. The van der Waals surface area contributed by atoms with Crippen LogP contribution in [0.1, 0.15) is 5.76 Å². The number of benzene rings is 1. The van der Waals surface area contributed by atoms with Gasteiger partial charge in [-0.2, -0.15) is 0 Å². The normalized spacial score (nSPS) is 11.2. The van der Waals surface area contributed by atoms with Crippen molar-refractivity contribution in [2.45, 2.75) is 13.0 Å². The first-order valence-corrected chi connectivity index (χ1v) is 6.44. The van der Waals surface area contributed by atoms with Gasteiger partial charge in [0.15, 0.2) is 4.77 Å². The van der Waals surface area contributed by atoms with E-state index in [4.69, 9.17) is 28.2 Å². The molecule has 1 N–H and O–H groups in total. The Hall–Kier alpha value is -1.52. The van der Waals surface area contributed by atoms with Crippen LogP contribution in [0.3, 0.4) is 0 Å². The molecule has 0 aliphatic heterocycles. The summed E-state index contributed by atoms with van der Waals surface area (Å²) in [7, 11) is 0. The molecule has 0 amide bonds. The van der Waals surface area contributed by atoms with Crippen molar-refractivity contribution in [3.05, 3.63) is 52.1 Å². The predicted octanol–water partition coefficient (Wildman–Crippen LogP) is 4.19. The van der Waals surface area contributed by atoms with E-state index >= 15 is 0 Å². The molecule has 0 aliphatic carbocycles. The Kier molecular flexibility index (Phi) is 2.97. The number of aromatic amines is 1. The molecule has 2 aromatic heterocycles. The number of hydrogen-bond donors (Lipinski definition) is 1.